The summed E-state index contributed by atoms with van der Waals surface area (Å²) in [5.41, 5.74) is 1.78. The van der Waals surface area contributed by atoms with Gasteiger partial charge in [0.2, 0.25) is 0 Å². The number of hydrogen-bond donors (Lipinski definition) is 0. The van der Waals surface area contributed by atoms with E-state index in [1.165, 1.54) is 15.9 Å². The van der Waals surface area contributed by atoms with Crippen LogP contribution in [-0.2, 0) is 9.53 Å². The highest BCUT2D eigenvalue weighted by Gasteiger charge is 2.34. The molecule has 4 aromatic rings. The number of allylic oxidation sites excluding steroid dienone is 1. The maximum atomic E-state index is 13.7. The van der Waals surface area contributed by atoms with Gasteiger partial charge in [-0.15, -0.1) is 0 Å². The monoisotopic (exact) mass is 572 g/mol. The lowest BCUT2D eigenvalue weighted by Gasteiger charge is -2.25. The first-order valence-corrected chi connectivity index (χ1v) is 13.2. The van der Waals surface area contributed by atoms with Crippen LogP contribution in [0.2, 0.25) is 15.1 Å². The fourth-order valence-electron chi connectivity index (χ4n) is 4.15. The van der Waals surface area contributed by atoms with Gasteiger partial charge in [-0.2, -0.15) is 0 Å². The first-order chi connectivity index (χ1) is 17.8. The molecule has 3 heterocycles. The molecular weight excluding hydrogens is 555 g/mol. The molecule has 1 aliphatic heterocycles. The van der Waals surface area contributed by atoms with E-state index in [2.05, 4.69) is 4.99 Å². The van der Waals surface area contributed by atoms with E-state index in [0.717, 1.165) is 5.56 Å². The summed E-state index contributed by atoms with van der Waals surface area (Å²) in [6.45, 7) is 3.64. The largest absolute Gasteiger partial charge is 0.463 e. The third kappa shape index (κ3) is 4.80. The first kappa shape index (κ1) is 25.5. The Bertz CT molecular complexity index is 1750. The second-order valence-electron chi connectivity index (χ2n) is 8.15. The third-order valence-electron chi connectivity index (χ3n) is 5.82. The maximum absolute atomic E-state index is 13.7. The van der Waals surface area contributed by atoms with Crippen molar-refractivity contribution in [3.05, 3.63) is 112 Å². The number of hydrogen-bond acceptors (Lipinski definition) is 6. The van der Waals surface area contributed by atoms with Crippen molar-refractivity contribution < 1.29 is 13.9 Å². The van der Waals surface area contributed by atoms with Gasteiger partial charge in [-0.25, -0.2) is 9.79 Å². The van der Waals surface area contributed by atoms with Crippen molar-refractivity contribution in [1.82, 2.24) is 4.57 Å². The molecule has 0 N–H and O–H groups in total. The van der Waals surface area contributed by atoms with Gasteiger partial charge in [0.05, 0.1) is 32.5 Å². The number of furan rings is 1. The quantitative estimate of drug-likeness (QED) is 0.274. The van der Waals surface area contributed by atoms with E-state index in [9.17, 15) is 9.59 Å². The Kier molecular flexibility index (Phi) is 7.14. The van der Waals surface area contributed by atoms with E-state index in [4.69, 9.17) is 44.0 Å². The zero-order valence-electron chi connectivity index (χ0n) is 19.6. The van der Waals surface area contributed by atoms with Crippen LogP contribution in [0.5, 0.6) is 0 Å². The number of carbonyl (C=O) groups excluding carboxylic acids is 1. The van der Waals surface area contributed by atoms with Crippen LogP contribution in [0.15, 0.2) is 80.1 Å². The molecular formula is C27H19Cl3N2O4S. The molecule has 0 amide bonds. The molecule has 0 unspecified atom stereocenters. The van der Waals surface area contributed by atoms with Crippen LogP contribution >= 0.6 is 46.1 Å². The number of thiazole rings is 1. The molecule has 5 rings (SSSR count). The Morgan fingerprint density at radius 1 is 1.11 bits per heavy atom. The van der Waals surface area contributed by atoms with Crippen molar-refractivity contribution in [1.29, 1.82) is 0 Å². The summed E-state index contributed by atoms with van der Waals surface area (Å²) in [7, 11) is 0. The minimum atomic E-state index is -0.783. The predicted octanol–water partition coefficient (Wildman–Crippen LogP) is 6.02. The third-order valence-corrected chi connectivity index (χ3v) is 7.89. The van der Waals surface area contributed by atoms with E-state index in [1.54, 1.807) is 68.5 Å². The predicted molar refractivity (Wildman–Crippen MR) is 146 cm³/mol. The number of aromatic nitrogens is 1. The maximum Gasteiger partial charge on any atom is 0.338 e. The highest BCUT2D eigenvalue weighted by atomic mass is 35.5. The highest BCUT2D eigenvalue weighted by molar-refractivity contribution is 7.07. The van der Waals surface area contributed by atoms with Crippen LogP contribution < -0.4 is 14.9 Å². The Morgan fingerprint density at radius 2 is 1.89 bits per heavy atom. The Balaban J connectivity index is 1.64. The SMILES string of the molecule is CCOC(=O)C1=C(C)N=c2sc(=Cc3ccc(-c4ccc(Cl)c(Cl)c4)o3)c(=O)n2[C@H]1c1ccccc1Cl. The molecule has 0 fully saturated rings. The van der Waals surface area contributed by atoms with Gasteiger partial charge in [0.25, 0.3) is 5.56 Å². The van der Waals surface area contributed by atoms with E-state index in [0.29, 0.717) is 47.2 Å². The number of ether oxygens (including phenoxy) is 1. The second kappa shape index (κ2) is 10.3. The molecule has 0 bridgehead atoms. The van der Waals surface area contributed by atoms with E-state index < -0.39 is 12.0 Å². The van der Waals surface area contributed by atoms with Crippen LogP contribution in [0.25, 0.3) is 17.4 Å². The normalized spacial score (nSPS) is 15.5. The molecule has 10 heteroatoms. The average molecular weight is 574 g/mol. The van der Waals surface area contributed by atoms with Gasteiger partial charge in [-0.3, -0.25) is 9.36 Å². The number of fused-ring (bicyclic) bond motifs is 1. The Morgan fingerprint density at radius 3 is 2.62 bits per heavy atom. The molecule has 0 radical (unpaired) electrons. The average Bonchev–Trinajstić information content (AvgIpc) is 3.45. The van der Waals surface area contributed by atoms with Crippen LogP contribution in [0.4, 0.5) is 0 Å². The number of halogens is 3. The molecule has 2 aromatic heterocycles. The topological polar surface area (TPSA) is 73.8 Å². The van der Waals surface area contributed by atoms with Crippen LogP contribution in [0.1, 0.15) is 31.2 Å². The summed E-state index contributed by atoms with van der Waals surface area (Å²) in [5.74, 6) is 0.509. The lowest BCUT2D eigenvalue weighted by molar-refractivity contribution is -0.139. The summed E-state index contributed by atoms with van der Waals surface area (Å²) >= 11 is 19.9. The number of nitrogens with zero attached hydrogens (tertiary/aromatic N) is 2. The molecule has 0 aliphatic carbocycles. The van der Waals surface area contributed by atoms with E-state index in [1.807, 2.05) is 6.07 Å². The van der Waals surface area contributed by atoms with E-state index in [-0.39, 0.29) is 17.7 Å². The van der Waals surface area contributed by atoms with Crippen molar-refractivity contribution in [2.75, 3.05) is 6.61 Å². The summed E-state index contributed by atoms with van der Waals surface area (Å²) < 4.78 is 13.2. The van der Waals surface area contributed by atoms with Gasteiger partial charge < -0.3 is 9.15 Å². The second-order valence-corrected chi connectivity index (χ2v) is 10.4. The standard InChI is InChI=1S/C27H19Cl3N2O4S/c1-3-35-26(34)23-14(2)31-27-32(24(23)17-6-4-5-7-18(17)28)25(33)22(37-27)13-16-9-11-21(36-16)15-8-10-19(29)20(30)12-15/h4-13,24H,3H2,1-2H3/t24-/m0/s1. The van der Waals surface area contributed by atoms with Crippen molar-refractivity contribution in [2.45, 2.75) is 19.9 Å². The van der Waals surface area contributed by atoms with E-state index >= 15 is 0 Å². The summed E-state index contributed by atoms with van der Waals surface area (Å²) in [6, 6.07) is 15.1. The molecule has 0 saturated carbocycles. The summed E-state index contributed by atoms with van der Waals surface area (Å²) in [5, 5.41) is 1.29. The van der Waals surface area contributed by atoms with Crippen molar-refractivity contribution in [3.8, 4) is 11.3 Å². The minimum Gasteiger partial charge on any atom is -0.463 e. The molecule has 0 spiro atoms. The molecule has 37 heavy (non-hydrogen) atoms. The lowest BCUT2D eigenvalue weighted by atomic mass is 9.96. The van der Waals surface area contributed by atoms with Crippen molar-refractivity contribution in [2.24, 2.45) is 4.99 Å². The molecule has 0 saturated heterocycles. The number of benzene rings is 2. The van der Waals surface area contributed by atoms with Gasteiger partial charge in [0.1, 0.15) is 17.6 Å². The Labute approximate surface area is 230 Å². The fourth-order valence-corrected chi connectivity index (χ4v) is 5.71. The highest BCUT2D eigenvalue weighted by Crippen LogP contribution is 2.34. The van der Waals surface area contributed by atoms with Gasteiger partial charge in [-0.05, 0) is 55.8 Å². The molecule has 6 nitrogen and oxygen atoms in total. The zero-order valence-corrected chi connectivity index (χ0v) is 22.7. The lowest BCUT2D eigenvalue weighted by Crippen LogP contribution is -2.40. The molecule has 188 valence electrons. The van der Waals surface area contributed by atoms with Crippen LogP contribution in [-0.4, -0.2) is 17.1 Å². The minimum absolute atomic E-state index is 0.189. The number of esters is 1. The molecule has 2 aromatic carbocycles. The summed E-state index contributed by atoms with van der Waals surface area (Å²) in [6.07, 6.45) is 1.65. The van der Waals surface area contributed by atoms with Gasteiger partial charge in [0.15, 0.2) is 4.80 Å². The van der Waals surface area contributed by atoms with Gasteiger partial charge in [0, 0.05) is 16.7 Å². The fraction of sp³-hybridized carbons (Fsp3) is 0.148. The zero-order chi connectivity index (χ0) is 26.3. The Hall–Kier alpha value is -3.10. The molecule has 1 aliphatic rings. The summed E-state index contributed by atoms with van der Waals surface area (Å²) in [4.78, 5) is 31.7. The van der Waals surface area contributed by atoms with Crippen molar-refractivity contribution >= 4 is 58.2 Å². The van der Waals surface area contributed by atoms with Crippen LogP contribution in [0, 0.1) is 0 Å². The number of carbonyl (C=O) groups is 1. The van der Waals surface area contributed by atoms with Crippen LogP contribution in [0.3, 0.4) is 0 Å². The van der Waals surface area contributed by atoms with Gasteiger partial charge >= 0.3 is 5.97 Å². The van der Waals surface area contributed by atoms with Gasteiger partial charge in [-0.1, -0.05) is 64.3 Å². The number of rotatable bonds is 5. The smallest absolute Gasteiger partial charge is 0.338 e. The molecule has 1 atom stereocenters. The van der Waals surface area contributed by atoms with Crippen molar-refractivity contribution in [3.63, 3.8) is 0 Å². The first-order valence-electron chi connectivity index (χ1n) is 11.3.